The first-order valence-electron chi connectivity index (χ1n) is 9.41. The summed E-state index contributed by atoms with van der Waals surface area (Å²) in [5, 5.41) is 0. The van der Waals surface area contributed by atoms with E-state index in [-0.39, 0.29) is 23.8 Å². The number of hydrogen-bond donors (Lipinski definition) is 0. The standard InChI is InChI=1S/C21H22F2N2O3/c1-14-18(2-7-28-14)20(27)24-5-3-21(4-6-24)11-19(26)25(13-21)12-15-8-16(22)10-17(23)9-15/h2,7-10H,3-6,11-13H2,1H3. The number of halogens is 2. The summed E-state index contributed by atoms with van der Waals surface area (Å²) in [5.41, 5.74) is 0.852. The molecule has 28 heavy (non-hydrogen) atoms. The summed E-state index contributed by atoms with van der Waals surface area (Å²) in [6.45, 7) is 3.68. The summed E-state index contributed by atoms with van der Waals surface area (Å²) in [6, 6.07) is 5.03. The zero-order valence-electron chi connectivity index (χ0n) is 15.7. The molecular formula is C21H22F2N2O3. The summed E-state index contributed by atoms with van der Waals surface area (Å²) >= 11 is 0. The Morgan fingerprint density at radius 2 is 1.86 bits per heavy atom. The minimum atomic E-state index is -0.641. The molecule has 0 saturated carbocycles. The van der Waals surface area contributed by atoms with Gasteiger partial charge in [0.1, 0.15) is 17.4 Å². The molecule has 2 amide bonds. The molecule has 5 nitrogen and oxygen atoms in total. The van der Waals surface area contributed by atoms with Gasteiger partial charge < -0.3 is 14.2 Å². The Labute approximate surface area is 161 Å². The van der Waals surface area contributed by atoms with Crippen LogP contribution < -0.4 is 0 Å². The van der Waals surface area contributed by atoms with E-state index in [1.165, 1.54) is 18.4 Å². The highest BCUT2D eigenvalue weighted by molar-refractivity contribution is 5.95. The van der Waals surface area contributed by atoms with Gasteiger partial charge in [-0.05, 0) is 43.5 Å². The van der Waals surface area contributed by atoms with Crippen LogP contribution in [0, 0.1) is 24.0 Å². The van der Waals surface area contributed by atoms with Crippen LogP contribution in [0.5, 0.6) is 0 Å². The molecule has 2 aliphatic rings. The molecule has 1 aromatic heterocycles. The van der Waals surface area contributed by atoms with Crippen molar-refractivity contribution < 1.29 is 22.8 Å². The monoisotopic (exact) mass is 388 g/mol. The molecular weight excluding hydrogens is 366 g/mol. The maximum Gasteiger partial charge on any atom is 0.257 e. The van der Waals surface area contributed by atoms with Crippen LogP contribution in [0.3, 0.4) is 0 Å². The Morgan fingerprint density at radius 3 is 2.46 bits per heavy atom. The van der Waals surface area contributed by atoms with Crippen molar-refractivity contribution in [3.05, 3.63) is 59.1 Å². The summed E-state index contributed by atoms with van der Waals surface area (Å²) in [6.07, 6.45) is 3.39. The zero-order chi connectivity index (χ0) is 19.9. The van der Waals surface area contributed by atoms with Crippen molar-refractivity contribution in [1.29, 1.82) is 0 Å². The van der Waals surface area contributed by atoms with Crippen molar-refractivity contribution in [1.82, 2.24) is 9.80 Å². The number of hydrogen-bond acceptors (Lipinski definition) is 3. The quantitative estimate of drug-likeness (QED) is 0.809. The molecule has 2 fully saturated rings. The lowest BCUT2D eigenvalue weighted by Gasteiger charge is -2.38. The van der Waals surface area contributed by atoms with Gasteiger partial charge in [0.2, 0.25) is 5.91 Å². The number of benzene rings is 1. The van der Waals surface area contributed by atoms with Gasteiger partial charge in [-0.2, -0.15) is 0 Å². The number of likely N-dealkylation sites (tertiary alicyclic amines) is 2. The van der Waals surface area contributed by atoms with E-state index in [1.54, 1.807) is 22.8 Å². The number of rotatable bonds is 3. The number of nitrogens with zero attached hydrogens (tertiary/aromatic N) is 2. The summed E-state index contributed by atoms with van der Waals surface area (Å²) in [7, 11) is 0. The minimum Gasteiger partial charge on any atom is -0.469 e. The lowest BCUT2D eigenvalue weighted by Crippen LogP contribution is -2.44. The number of aryl methyl sites for hydroxylation is 1. The summed E-state index contributed by atoms with van der Waals surface area (Å²) in [5.74, 6) is -0.724. The Bertz CT molecular complexity index is 896. The van der Waals surface area contributed by atoms with Gasteiger partial charge in [0.15, 0.2) is 0 Å². The molecule has 0 unspecified atom stereocenters. The van der Waals surface area contributed by atoms with Gasteiger partial charge in [0.25, 0.3) is 5.91 Å². The van der Waals surface area contributed by atoms with E-state index >= 15 is 0 Å². The van der Waals surface area contributed by atoms with Gasteiger partial charge >= 0.3 is 0 Å². The smallest absolute Gasteiger partial charge is 0.257 e. The van der Waals surface area contributed by atoms with Crippen molar-refractivity contribution in [2.45, 2.75) is 32.7 Å². The van der Waals surface area contributed by atoms with E-state index in [2.05, 4.69) is 0 Å². The molecule has 3 heterocycles. The first kappa shape index (κ1) is 18.7. The average Bonchev–Trinajstić information content (AvgIpc) is 3.18. The predicted octanol–water partition coefficient (Wildman–Crippen LogP) is 3.52. The summed E-state index contributed by atoms with van der Waals surface area (Å²) < 4.78 is 32.1. The van der Waals surface area contributed by atoms with Gasteiger partial charge in [-0.25, -0.2) is 8.78 Å². The van der Waals surface area contributed by atoms with Crippen LogP contribution >= 0.6 is 0 Å². The molecule has 1 aromatic carbocycles. The fraction of sp³-hybridized carbons (Fsp3) is 0.429. The molecule has 1 spiro atoms. The lowest BCUT2D eigenvalue weighted by atomic mass is 9.77. The SMILES string of the molecule is Cc1occc1C(=O)N1CCC2(CC1)CC(=O)N(Cc1cc(F)cc(F)c1)C2. The van der Waals surface area contributed by atoms with Crippen LogP contribution in [0.4, 0.5) is 8.78 Å². The maximum atomic E-state index is 13.4. The highest BCUT2D eigenvalue weighted by Crippen LogP contribution is 2.41. The average molecular weight is 388 g/mol. The molecule has 4 rings (SSSR count). The molecule has 2 saturated heterocycles. The lowest BCUT2D eigenvalue weighted by molar-refractivity contribution is -0.128. The fourth-order valence-corrected chi connectivity index (χ4v) is 4.34. The third kappa shape index (κ3) is 3.53. The number of carbonyl (C=O) groups excluding carboxylic acids is 2. The van der Waals surface area contributed by atoms with E-state index in [9.17, 15) is 18.4 Å². The molecule has 0 aliphatic carbocycles. The van der Waals surface area contributed by atoms with Crippen LogP contribution in [0.25, 0.3) is 0 Å². The Kier molecular flexibility index (Phi) is 4.69. The van der Waals surface area contributed by atoms with Gasteiger partial charge in [-0.15, -0.1) is 0 Å². The molecule has 2 aliphatic heterocycles. The van der Waals surface area contributed by atoms with E-state index in [1.807, 2.05) is 0 Å². The molecule has 0 atom stereocenters. The van der Waals surface area contributed by atoms with Gasteiger partial charge in [-0.1, -0.05) is 0 Å². The largest absolute Gasteiger partial charge is 0.469 e. The highest BCUT2D eigenvalue weighted by atomic mass is 19.1. The number of piperidine rings is 1. The molecule has 0 N–H and O–H groups in total. The third-order valence-electron chi connectivity index (χ3n) is 5.90. The normalized spacial score (nSPS) is 18.9. The van der Waals surface area contributed by atoms with E-state index in [0.717, 1.165) is 18.9 Å². The maximum absolute atomic E-state index is 13.4. The second kappa shape index (κ2) is 7.04. The molecule has 2 aromatic rings. The minimum absolute atomic E-state index is 0.00451. The van der Waals surface area contributed by atoms with Crippen molar-refractivity contribution in [3.63, 3.8) is 0 Å². The van der Waals surface area contributed by atoms with Gasteiger partial charge in [-0.3, -0.25) is 9.59 Å². The van der Waals surface area contributed by atoms with E-state index < -0.39 is 11.6 Å². The van der Waals surface area contributed by atoms with Crippen molar-refractivity contribution in [2.24, 2.45) is 5.41 Å². The third-order valence-corrected chi connectivity index (χ3v) is 5.90. The van der Waals surface area contributed by atoms with Gasteiger partial charge in [0, 0.05) is 44.1 Å². The van der Waals surface area contributed by atoms with Crippen LogP contribution in [-0.4, -0.2) is 41.2 Å². The molecule has 0 radical (unpaired) electrons. The van der Waals surface area contributed by atoms with Crippen LogP contribution in [0.15, 0.2) is 34.9 Å². The van der Waals surface area contributed by atoms with Crippen molar-refractivity contribution in [3.8, 4) is 0 Å². The van der Waals surface area contributed by atoms with Gasteiger partial charge in [0.05, 0.1) is 11.8 Å². The van der Waals surface area contributed by atoms with Crippen molar-refractivity contribution in [2.75, 3.05) is 19.6 Å². The Morgan fingerprint density at radius 1 is 1.18 bits per heavy atom. The zero-order valence-corrected chi connectivity index (χ0v) is 15.7. The second-order valence-corrected chi connectivity index (χ2v) is 7.89. The van der Waals surface area contributed by atoms with Crippen LogP contribution in [-0.2, 0) is 11.3 Å². The number of furan rings is 1. The molecule has 148 valence electrons. The second-order valence-electron chi connectivity index (χ2n) is 7.89. The van der Waals surface area contributed by atoms with E-state index in [4.69, 9.17) is 4.42 Å². The molecule has 0 bridgehead atoms. The van der Waals surface area contributed by atoms with E-state index in [0.29, 0.717) is 42.9 Å². The fourth-order valence-electron chi connectivity index (χ4n) is 4.34. The predicted molar refractivity (Wildman–Crippen MR) is 97.4 cm³/mol. The number of carbonyl (C=O) groups is 2. The topological polar surface area (TPSA) is 53.8 Å². The first-order valence-corrected chi connectivity index (χ1v) is 9.41. The first-order chi connectivity index (χ1) is 13.3. The summed E-state index contributed by atoms with van der Waals surface area (Å²) in [4.78, 5) is 28.6. The van der Waals surface area contributed by atoms with Crippen LogP contribution in [0.1, 0.15) is 40.9 Å². The van der Waals surface area contributed by atoms with Crippen LogP contribution in [0.2, 0.25) is 0 Å². The Balaban J connectivity index is 1.40. The Hall–Kier alpha value is -2.70. The van der Waals surface area contributed by atoms with Crippen molar-refractivity contribution >= 4 is 11.8 Å². The number of amides is 2. The highest BCUT2D eigenvalue weighted by Gasteiger charge is 2.45. The molecule has 7 heteroatoms.